The Balaban J connectivity index is 1.70. The van der Waals surface area contributed by atoms with Crippen LogP contribution >= 0.6 is 0 Å². The van der Waals surface area contributed by atoms with Crippen LogP contribution < -0.4 is 0 Å². The lowest BCUT2D eigenvalue weighted by Crippen LogP contribution is -2.18. The monoisotopic (exact) mass is 208 g/mol. The third-order valence-corrected chi connectivity index (χ3v) is 4.96. The molecule has 0 aromatic carbocycles. The molecule has 2 fully saturated rings. The van der Waals surface area contributed by atoms with Crippen molar-refractivity contribution >= 4 is 0 Å². The number of hydrogen-bond donors (Lipinski definition) is 0. The molecule has 15 heavy (non-hydrogen) atoms. The van der Waals surface area contributed by atoms with Crippen molar-refractivity contribution in [3.8, 4) is 0 Å². The van der Waals surface area contributed by atoms with Crippen molar-refractivity contribution < 1.29 is 0 Å². The topological polar surface area (TPSA) is 0 Å². The van der Waals surface area contributed by atoms with Crippen molar-refractivity contribution in [1.29, 1.82) is 0 Å². The van der Waals surface area contributed by atoms with Crippen molar-refractivity contribution in [2.75, 3.05) is 0 Å². The van der Waals surface area contributed by atoms with E-state index in [0.29, 0.717) is 0 Å². The Bertz CT molecular complexity index is 194. The van der Waals surface area contributed by atoms with Crippen molar-refractivity contribution in [2.24, 2.45) is 29.6 Å². The average Bonchev–Trinajstić information content (AvgIpc) is 2.77. The van der Waals surface area contributed by atoms with Crippen LogP contribution in [0.15, 0.2) is 0 Å². The molecule has 4 unspecified atom stereocenters. The summed E-state index contributed by atoms with van der Waals surface area (Å²) in [6.07, 6.45) is 10.7. The molecule has 0 amide bonds. The molecule has 2 aliphatic carbocycles. The van der Waals surface area contributed by atoms with Crippen LogP contribution in [0.5, 0.6) is 0 Å². The molecule has 0 spiro atoms. The Hall–Kier alpha value is 0. The molecular weight excluding hydrogens is 180 g/mol. The molecule has 2 saturated carbocycles. The fourth-order valence-corrected chi connectivity index (χ4v) is 4.05. The van der Waals surface area contributed by atoms with Gasteiger partial charge in [0.15, 0.2) is 0 Å². The SMILES string of the molecule is CC(C)CCCC(C)C1CC2CCC1C2. The van der Waals surface area contributed by atoms with E-state index in [0.717, 1.165) is 29.6 Å². The lowest BCUT2D eigenvalue weighted by molar-refractivity contribution is 0.225. The Kier molecular flexibility index (Phi) is 3.74. The largest absolute Gasteiger partial charge is 0.0628 e. The van der Waals surface area contributed by atoms with E-state index in [2.05, 4.69) is 20.8 Å². The van der Waals surface area contributed by atoms with Crippen LogP contribution in [-0.4, -0.2) is 0 Å². The van der Waals surface area contributed by atoms with Crippen LogP contribution in [0.2, 0.25) is 0 Å². The lowest BCUT2D eigenvalue weighted by atomic mass is 9.78. The van der Waals surface area contributed by atoms with E-state index < -0.39 is 0 Å². The van der Waals surface area contributed by atoms with Crippen molar-refractivity contribution in [3.05, 3.63) is 0 Å². The molecule has 0 saturated heterocycles. The van der Waals surface area contributed by atoms with Gasteiger partial charge in [0.2, 0.25) is 0 Å². The quantitative estimate of drug-likeness (QED) is 0.604. The van der Waals surface area contributed by atoms with Gasteiger partial charge in [-0.05, 0) is 48.9 Å². The van der Waals surface area contributed by atoms with Gasteiger partial charge >= 0.3 is 0 Å². The van der Waals surface area contributed by atoms with Crippen LogP contribution in [0.25, 0.3) is 0 Å². The van der Waals surface area contributed by atoms with Gasteiger partial charge in [0.1, 0.15) is 0 Å². The summed E-state index contributed by atoms with van der Waals surface area (Å²) in [5, 5.41) is 0. The molecule has 0 heterocycles. The van der Waals surface area contributed by atoms with Crippen LogP contribution in [0.3, 0.4) is 0 Å². The molecule has 88 valence electrons. The maximum Gasteiger partial charge on any atom is -0.0357 e. The van der Waals surface area contributed by atoms with Crippen LogP contribution in [0.1, 0.15) is 65.7 Å². The summed E-state index contributed by atoms with van der Waals surface area (Å²) in [5.41, 5.74) is 0. The summed E-state index contributed by atoms with van der Waals surface area (Å²) < 4.78 is 0. The van der Waals surface area contributed by atoms with Gasteiger partial charge in [-0.1, -0.05) is 46.5 Å². The average molecular weight is 208 g/mol. The minimum atomic E-state index is 0.900. The predicted molar refractivity (Wildman–Crippen MR) is 66.8 cm³/mol. The normalized spacial score (nSPS) is 36.4. The summed E-state index contributed by atoms with van der Waals surface area (Å²) in [6.45, 7) is 7.22. The Morgan fingerprint density at radius 2 is 1.80 bits per heavy atom. The summed E-state index contributed by atoms with van der Waals surface area (Å²) in [4.78, 5) is 0. The highest BCUT2D eigenvalue weighted by atomic mass is 14.5. The number of rotatable bonds is 5. The van der Waals surface area contributed by atoms with Crippen LogP contribution in [0.4, 0.5) is 0 Å². The highest BCUT2D eigenvalue weighted by Gasteiger charge is 2.41. The molecule has 0 heteroatoms. The summed E-state index contributed by atoms with van der Waals surface area (Å²) >= 11 is 0. The van der Waals surface area contributed by atoms with E-state index >= 15 is 0 Å². The number of fused-ring (bicyclic) bond motifs is 2. The van der Waals surface area contributed by atoms with E-state index in [4.69, 9.17) is 0 Å². The fraction of sp³-hybridized carbons (Fsp3) is 1.00. The second-order valence-corrected chi connectivity index (χ2v) is 6.64. The summed E-state index contributed by atoms with van der Waals surface area (Å²) in [6, 6.07) is 0. The van der Waals surface area contributed by atoms with Gasteiger partial charge in [0.25, 0.3) is 0 Å². The van der Waals surface area contributed by atoms with Crippen LogP contribution in [0, 0.1) is 29.6 Å². The molecule has 0 aliphatic heterocycles. The van der Waals surface area contributed by atoms with E-state index in [-0.39, 0.29) is 0 Å². The first-order valence-electron chi connectivity index (χ1n) is 7.16. The molecule has 2 rings (SSSR count). The Morgan fingerprint density at radius 1 is 1.00 bits per heavy atom. The van der Waals surface area contributed by atoms with E-state index in [1.165, 1.54) is 19.3 Å². The molecule has 0 aromatic rings. The molecule has 0 nitrogen and oxygen atoms in total. The first kappa shape index (κ1) is 11.5. The molecule has 2 bridgehead atoms. The zero-order chi connectivity index (χ0) is 10.8. The van der Waals surface area contributed by atoms with Crippen LogP contribution in [-0.2, 0) is 0 Å². The van der Waals surface area contributed by atoms with Gasteiger partial charge in [-0.15, -0.1) is 0 Å². The fourth-order valence-electron chi connectivity index (χ4n) is 4.05. The zero-order valence-corrected chi connectivity index (χ0v) is 10.8. The maximum absolute atomic E-state index is 2.52. The standard InChI is InChI=1S/C15H28/c1-11(2)5-4-6-12(3)15-10-13-7-8-14(15)9-13/h11-15H,4-10H2,1-3H3. The molecule has 2 aliphatic rings. The van der Waals surface area contributed by atoms with Gasteiger partial charge in [-0.3, -0.25) is 0 Å². The molecule has 0 aromatic heterocycles. The van der Waals surface area contributed by atoms with Crippen molar-refractivity contribution in [1.82, 2.24) is 0 Å². The molecule has 4 atom stereocenters. The Morgan fingerprint density at radius 3 is 2.33 bits per heavy atom. The summed E-state index contributed by atoms with van der Waals surface area (Å²) in [5.74, 6) is 5.28. The lowest BCUT2D eigenvalue weighted by Gasteiger charge is -2.28. The van der Waals surface area contributed by atoms with Crippen molar-refractivity contribution in [3.63, 3.8) is 0 Å². The third-order valence-electron chi connectivity index (χ3n) is 4.96. The van der Waals surface area contributed by atoms with E-state index in [1.807, 2.05) is 0 Å². The second-order valence-electron chi connectivity index (χ2n) is 6.64. The van der Waals surface area contributed by atoms with Gasteiger partial charge in [-0.25, -0.2) is 0 Å². The van der Waals surface area contributed by atoms with Gasteiger partial charge < -0.3 is 0 Å². The highest BCUT2D eigenvalue weighted by Crippen LogP contribution is 2.51. The zero-order valence-electron chi connectivity index (χ0n) is 10.8. The minimum absolute atomic E-state index is 0.900. The van der Waals surface area contributed by atoms with Gasteiger partial charge in [0.05, 0.1) is 0 Å². The molecular formula is C15H28. The van der Waals surface area contributed by atoms with Gasteiger partial charge in [-0.2, -0.15) is 0 Å². The van der Waals surface area contributed by atoms with Gasteiger partial charge in [0, 0.05) is 0 Å². The minimum Gasteiger partial charge on any atom is -0.0628 e. The highest BCUT2D eigenvalue weighted by molar-refractivity contribution is 4.91. The van der Waals surface area contributed by atoms with E-state index in [1.54, 1.807) is 25.7 Å². The molecule has 0 N–H and O–H groups in total. The molecule has 0 radical (unpaired) electrons. The maximum atomic E-state index is 2.52. The number of hydrogen-bond acceptors (Lipinski definition) is 0. The second kappa shape index (κ2) is 4.89. The van der Waals surface area contributed by atoms with Crippen molar-refractivity contribution in [2.45, 2.75) is 65.7 Å². The Labute approximate surface area is 95.8 Å². The summed E-state index contributed by atoms with van der Waals surface area (Å²) in [7, 11) is 0. The predicted octanol–water partition coefficient (Wildman–Crippen LogP) is 4.89. The third kappa shape index (κ3) is 2.77. The first-order chi connectivity index (χ1) is 7.16. The van der Waals surface area contributed by atoms with E-state index in [9.17, 15) is 0 Å². The first-order valence-corrected chi connectivity index (χ1v) is 7.16. The smallest absolute Gasteiger partial charge is 0.0357 e.